The van der Waals surface area contributed by atoms with Gasteiger partial charge in [0.15, 0.2) is 0 Å². The first kappa shape index (κ1) is 39.4. The highest BCUT2D eigenvalue weighted by Crippen LogP contribution is 2.39. The summed E-state index contributed by atoms with van der Waals surface area (Å²) in [6.07, 6.45) is 1.24. The van der Waals surface area contributed by atoms with Crippen LogP contribution in [0.25, 0.3) is 6.08 Å². The standard InChI is InChI=1S/C43H32N6O6S2/c1-27-34(26-44)43(57-37(27)41(52)45-31-19-9-4-10-20-31)48-42(53)38(28-14-5-2-6-15-28)56-33-22-13-21-32(25-33)46-40(51)35(47-39(50)29-16-7-3-8-17-29)24-30-18-11-12-23-36(30)49(54)55/h2-25,38H,1H3,(H,45,52)(H,46,51)(H,47,50)(H,48,53)/b35-24+. The van der Waals surface area contributed by atoms with Gasteiger partial charge in [-0.1, -0.05) is 84.9 Å². The van der Waals surface area contributed by atoms with Gasteiger partial charge < -0.3 is 21.3 Å². The summed E-state index contributed by atoms with van der Waals surface area (Å²) in [4.78, 5) is 66.3. The quantitative estimate of drug-likeness (QED) is 0.0387. The Kier molecular flexibility index (Phi) is 12.7. The molecule has 1 heterocycles. The molecule has 0 aliphatic carbocycles. The van der Waals surface area contributed by atoms with Crippen LogP contribution in [0.4, 0.5) is 22.1 Å². The van der Waals surface area contributed by atoms with Crippen molar-refractivity contribution in [3.63, 3.8) is 0 Å². The van der Waals surface area contributed by atoms with E-state index in [2.05, 4.69) is 27.3 Å². The molecule has 12 nitrogen and oxygen atoms in total. The summed E-state index contributed by atoms with van der Waals surface area (Å²) in [7, 11) is 0. The lowest BCUT2D eigenvalue weighted by atomic mass is 10.1. The molecule has 0 aliphatic rings. The lowest BCUT2D eigenvalue weighted by Gasteiger charge is -2.17. The molecule has 6 aromatic rings. The molecule has 1 atom stereocenters. The van der Waals surface area contributed by atoms with Gasteiger partial charge in [-0.2, -0.15) is 5.26 Å². The van der Waals surface area contributed by atoms with E-state index >= 15 is 0 Å². The van der Waals surface area contributed by atoms with Gasteiger partial charge in [0.05, 0.1) is 20.9 Å². The zero-order valence-electron chi connectivity index (χ0n) is 30.1. The van der Waals surface area contributed by atoms with E-state index in [1.807, 2.05) is 12.1 Å². The topological polar surface area (TPSA) is 183 Å². The largest absolute Gasteiger partial charge is 0.321 e. The molecule has 4 N–H and O–H groups in total. The van der Waals surface area contributed by atoms with Crippen molar-refractivity contribution in [1.82, 2.24) is 5.32 Å². The second-order valence-corrected chi connectivity index (χ2v) is 14.5. The number of thioether (sulfide) groups is 1. The fourth-order valence-corrected chi connectivity index (χ4v) is 7.73. The number of nitro groups is 1. The summed E-state index contributed by atoms with van der Waals surface area (Å²) in [5, 5.41) is 32.2. The molecule has 0 saturated heterocycles. The SMILES string of the molecule is Cc1c(C(=O)Nc2ccccc2)sc(NC(=O)C(Sc2cccc(NC(=O)/C(=C\c3ccccc3[N+](=O)[O-])NC(=O)c3ccccc3)c2)c2ccccc2)c1C#N. The minimum absolute atomic E-state index is 0.103. The number of nitriles is 1. The number of amides is 4. The number of nitro benzene ring substituents is 1. The summed E-state index contributed by atoms with van der Waals surface area (Å²) in [5.74, 6) is -2.21. The number of hydrogen-bond donors (Lipinski definition) is 4. The lowest BCUT2D eigenvalue weighted by Crippen LogP contribution is -2.30. The van der Waals surface area contributed by atoms with Gasteiger partial charge in [-0.25, -0.2) is 0 Å². The number of benzene rings is 5. The van der Waals surface area contributed by atoms with Crippen molar-refractivity contribution in [3.05, 3.63) is 188 Å². The summed E-state index contributed by atoms with van der Waals surface area (Å²) in [5.41, 5.74) is 2.05. The summed E-state index contributed by atoms with van der Waals surface area (Å²) in [6.45, 7) is 1.66. The maximum Gasteiger partial charge on any atom is 0.276 e. The zero-order valence-corrected chi connectivity index (χ0v) is 31.7. The minimum atomic E-state index is -0.841. The van der Waals surface area contributed by atoms with Crippen molar-refractivity contribution in [2.24, 2.45) is 0 Å². The number of hydrogen-bond acceptors (Lipinski definition) is 9. The molecule has 1 aromatic heterocycles. The zero-order chi connectivity index (χ0) is 40.3. The Hall–Kier alpha value is -7.34. The molecule has 282 valence electrons. The normalized spacial score (nSPS) is 11.4. The molecular weight excluding hydrogens is 761 g/mol. The summed E-state index contributed by atoms with van der Waals surface area (Å²) < 4.78 is 0. The predicted octanol–water partition coefficient (Wildman–Crippen LogP) is 8.97. The highest BCUT2D eigenvalue weighted by atomic mass is 32.2. The summed E-state index contributed by atoms with van der Waals surface area (Å²) in [6, 6.07) is 40.8. The fourth-order valence-electron chi connectivity index (χ4n) is 5.60. The van der Waals surface area contributed by atoms with Crippen molar-refractivity contribution in [2.45, 2.75) is 17.1 Å². The molecule has 5 aromatic carbocycles. The molecular formula is C43H32N6O6S2. The molecule has 0 bridgehead atoms. The average molecular weight is 793 g/mol. The minimum Gasteiger partial charge on any atom is -0.321 e. The molecule has 0 aliphatic heterocycles. The number of para-hydroxylation sites is 2. The van der Waals surface area contributed by atoms with E-state index in [1.54, 1.807) is 116 Å². The van der Waals surface area contributed by atoms with Gasteiger partial charge >= 0.3 is 0 Å². The van der Waals surface area contributed by atoms with Crippen molar-refractivity contribution in [1.29, 1.82) is 5.26 Å². The van der Waals surface area contributed by atoms with Crippen LogP contribution in [0.3, 0.4) is 0 Å². The number of nitrogens with one attached hydrogen (secondary N) is 4. The number of nitrogens with zero attached hydrogens (tertiary/aromatic N) is 2. The van der Waals surface area contributed by atoms with Crippen molar-refractivity contribution in [3.8, 4) is 6.07 Å². The molecule has 57 heavy (non-hydrogen) atoms. The molecule has 6 rings (SSSR count). The smallest absolute Gasteiger partial charge is 0.276 e. The molecule has 0 saturated carbocycles. The number of thiophene rings is 1. The maximum absolute atomic E-state index is 14.1. The van der Waals surface area contributed by atoms with E-state index in [0.29, 0.717) is 27.4 Å². The van der Waals surface area contributed by atoms with E-state index < -0.39 is 33.8 Å². The Morgan fingerprint density at radius 3 is 2.09 bits per heavy atom. The Morgan fingerprint density at radius 2 is 1.40 bits per heavy atom. The van der Waals surface area contributed by atoms with Gasteiger partial charge in [0.1, 0.15) is 22.0 Å². The van der Waals surface area contributed by atoms with Crippen molar-refractivity contribution < 1.29 is 24.1 Å². The van der Waals surface area contributed by atoms with Crippen LogP contribution >= 0.6 is 23.1 Å². The van der Waals surface area contributed by atoms with Gasteiger partial charge in [0, 0.05) is 27.9 Å². The van der Waals surface area contributed by atoms with Gasteiger partial charge in [0.2, 0.25) is 5.91 Å². The Bertz CT molecular complexity index is 2540. The number of carbonyl (C=O) groups is 4. The second-order valence-electron chi connectivity index (χ2n) is 12.3. The van der Waals surface area contributed by atoms with Crippen LogP contribution in [0.1, 0.15) is 47.5 Å². The molecule has 14 heteroatoms. The number of carbonyl (C=O) groups excluding carboxylic acids is 4. The highest BCUT2D eigenvalue weighted by Gasteiger charge is 2.27. The first-order chi connectivity index (χ1) is 27.6. The van der Waals surface area contributed by atoms with E-state index in [4.69, 9.17) is 0 Å². The maximum atomic E-state index is 14.1. The molecule has 4 amide bonds. The molecule has 0 fully saturated rings. The monoisotopic (exact) mass is 792 g/mol. The van der Waals surface area contributed by atoms with Gasteiger partial charge in [-0.15, -0.1) is 23.1 Å². The van der Waals surface area contributed by atoms with E-state index in [-0.39, 0.29) is 38.0 Å². The van der Waals surface area contributed by atoms with Crippen molar-refractivity contribution in [2.75, 3.05) is 16.0 Å². The van der Waals surface area contributed by atoms with Crippen LogP contribution in [0.2, 0.25) is 0 Å². The van der Waals surface area contributed by atoms with Crippen LogP contribution in [0.5, 0.6) is 0 Å². The molecule has 1 unspecified atom stereocenters. The third kappa shape index (κ3) is 9.86. The Balaban J connectivity index is 1.25. The number of rotatable bonds is 13. The number of anilines is 3. The third-order valence-electron chi connectivity index (χ3n) is 8.38. The van der Waals surface area contributed by atoms with E-state index in [1.165, 1.54) is 36.0 Å². The van der Waals surface area contributed by atoms with Crippen LogP contribution in [0, 0.1) is 28.4 Å². The Morgan fingerprint density at radius 1 is 0.772 bits per heavy atom. The summed E-state index contributed by atoms with van der Waals surface area (Å²) >= 11 is 2.19. The van der Waals surface area contributed by atoms with Crippen molar-refractivity contribution >= 4 is 74.9 Å². The fraction of sp³-hybridized carbons (Fsp3) is 0.0465. The lowest BCUT2D eigenvalue weighted by molar-refractivity contribution is -0.385. The van der Waals surface area contributed by atoms with Crippen LogP contribution in [0.15, 0.2) is 150 Å². The van der Waals surface area contributed by atoms with Crippen LogP contribution in [-0.4, -0.2) is 28.6 Å². The Labute approximate surface area is 335 Å². The van der Waals surface area contributed by atoms with Gasteiger partial charge in [-0.3, -0.25) is 29.3 Å². The third-order valence-corrected chi connectivity index (χ3v) is 10.8. The van der Waals surface area contributed by atoms with E-state index in [0.717, 1.165) is 11.3 Å². The molecule has 0 spiro atoms. The first-order valence-corrected chi connectivity index (χ1v) is 19.0. The highest BCUT2D eigenvalue weighted by molar-refractivity contribution is 8.00. The van der Waals surface area contributed by atoms with Gasteiger partial charge in [0.25, 0.3) is 23.4 Å². The second kappa shape index (κ2) is 18.3. The van der Waals surface area contributed by atoms with Gasteiger partial charge in [-0.05, 0) is 72.7 Å². The first-order valence-electron chi connectivity index (χ1n) is 17.3. The predicted molar refractivity (Wildman–Crippen MR) is 222 cm³/mol. The van der Waals surface area contributed by atoms with E-state index in [9.17, 15) is 34.6 Å². The molecule has 0 radical (unpaired) electrons. The van der Waals surface area contributed by atoms with Crippen LogP contribution < -0.4 is 21.3 Å². The van der Waals surface area contributed by atoms with Crippen LogP contribution in [-0.2, 0) is 9.59 Å². The average Bonchev–Trinajstić information content (AvgIpc) is 3.54.